The summed E-state index contributed by atoms with van der Waals surface area (Å²) in [6.07, 6.45) is 1.41. The van der Waals surface area contributed by atoms with Gasteiger partial charge in [0.15, 0.2) is 0 Å². The molecule has 84 valence electrons. The summed E-state index contributed by atoms with van der Waals surface area (Å²) in [5.41, 5.74) is -0.895. The van der Waals surface area contributed by atoms with Crippen molar-refractivity contribution in [2.24, 2.45) is 5.92 Å². The van der Waals surface area contributed by atoms with Crippen molar-refractivity contribution in [3.63, 3.8) is 0 Å². The first-order chi connectivity index (χ1) is 6.93. The van der Waals surface area contributed by atoms with Gasteiger partial charge in [-0.2, -0.15) is 0 Å². The number of hydrogen-bond acceptors (Lipinski definition) is 5. The van der Waals surface area contributed by atoms with E-state index in [2.05, 4.69) is 14.9 Å². The Morgan fingerprint density at radius 2 is 2.40 bits per heavy atom. The molecule has 0 bridgehead atoms. The van der Waals surface area contributed by atoms with Crippen LogP contribution in [-0.2, 0) is 0 Å². The third-order valence-electron chi connectivity index (χ3n) is 2.44. The molecule has 1 aromatic rings. The maximum Gasteiger partial charge on any atom is 0.264 e. The van der Waals surface area contributed by atoms with E-state index in [4.69, 9.17) is 0 Å². The van der Waals surface area contributed by atoms with Crippen LogP contribution in [0.25, 0.3) is 0 Å². The third kappa shape index (κ3) is 3.24. The SMILES string of the molecule is CC(C)C(C)(O)CNC(=O)c1cnns1. The van der Waals surface area contributed by atoms with Crippen LogP contribution >= 0.6 is 11.5 Å². The summed E-state index contributed by atoms with van der Waals surface area (Å²) >= 11 is 1.04. The normalized spacial score (nSPS) is 15.0. The third-order valence-corrected chi connectivity index (χ3v) is 3.10. The predicted octanol–water partition coefficient (Wildman–Crippen LogP) is 0.675. The van der Waals surface area contributed by atoms with E-state index in [1.54, 1.807) is 6.92 Å². The van der Waals surface area contributed by atoms with E-state index >= 15 is 0 Å². The highest BCUT2D eigenvalue weighted by molar-refractivity contribution is 7.07. The minimum atomic E-state index is -0.895. The number of carbonyl (C=O) groups is 1. The van der Waals surface area contributed by atoms with E-state index in [1.165, 1.54) is 6.20 Å². The maximum atomic E-state index is 11.5. The van der Waals surface area contributed by atoms with Crippen LogP contribution in [0.15, 0.2) is 6.20 Å². The molecule has 5 nitrogen and oxygen atoms in total. The molecule has 0 radical (unpaired) electrons. The Labute approximate surface area is 92.7 Å². The number of carbonyl (C=O) groups excluding carboxylic acids is 1. The molecule has 0 saturated carbocycles. The second kappa shape index (κ2) is 4.67. The van der Waals surface area contributed by atoms with E-state index in [9.17, 15) is 9.90 Å². The number of hydrogen-bond donors (Lipinski definition) is 2. The first-order valence-corrected chi connectivity index (χ1v) is 5.49. The van der Waals surface area contributed by atoms with Crippen molar-refractivity contribution in [1.82, 2.24) is 14.9 Å². The molecule has 0 spiro atoms. The molecule has 1 atom stereocenters. The molecule has 0 aliphatic rings. The summed E-state index contributed by atoms with van der Waals surface area (Å²) in [5.74, 6) is -0.164. The molecule has 0 aliphatic heterocycles. The zero-order valence-corrected chi connectivity index (χ0v) is 9.84. The zero-order valence-electron chi connectivity index (χ0n) is 9.02. The van der Waals surface area contributed by atoms with Crippen molar-refractivity contribution in [1.29, 1.82) is 0 Å². The molecule has 0 saturated heterocycles. The van der Waals surface area contributed by atoms with Crippen molar-refractivity contribution in [3.05, 3.63) is 11.1 Å². The summed E-state index contributed by atoms with van der Waals surface area (Å²) < 4.78 is 3.59. The molecule has 1 amide bonds. The van der Waals surface area contributed by atoms with Crippen LogP contribution in [-0.4, -0.2) is 32.7 Å². The highest BCUT2D eigenvalue weighted by Gasteiger charge is 2.25. The number of nitrogens with zero attached hydrogens (tertiary/aromatic N) is 2. The lowest BCUT2D eigenvalue weighted by atomic mass is 9.92. The largest absolute Gasteiger partial charge is 0.388 e. The van der Waals surface area contributed by atoms with Crippen molar-refractivity contribution < 1.29 is 9.90 Å². The lowest BCUT2D eigenvalue weighted by Gasteiger charge is -2.27. The van der Waals surface area contributed by atoms with Gasteiger partial charge in [-0.15, -0.1) is 5.10 Å². The van der Waals surface area contributed by atoms with Gasteiger partial charge in [0, 0.05) is 6.54 Å². The van der Waals surface area contributed by atoms with Gasteiger partial charge in [0.05, 0.1) is 11.8 Å². The van der Waals surface area contributed by atoms with Gasteiger partial charge in [0.25, 0.3) is 5.91 Å². The molecule has 1 aromatic heterocycles. The Kier molecular flexibility index (Phi) is 3.76. The predicted molar refractivity (Wildman–Crippen MR) is 57.7 cm³/mol. The maximum absolute atomic E-state index is 11.5. The minimum Gasteiger partial charge on any atom is -0.388 e. The molecule has 1 unspecified atom stereocenters. The minimum absolute atomic E-state index is 0.0809. The van der Waals surface area contributed by atoms with E-state index in [1.807, 2.05) is 13.8 Å². The Morgan fingerprint density at radius 3 is 2.87 bits per heavy atom. The van der Waals surface area contributed by atoms with E-state index in [0.29, 0.717) is 4.88 Å². The van der Waals surface area contributed by atoms with Crippen molar-refractivity contribution in [2.75, 3.05) is 6.54 Å². The average Bonchev–Trinajstić information content (AvgIpc) is 2.66. The fourth-order valence-electron chi connectivity index (χ4n) is 0.818. The van der Waals surface area contributed by atoms with E-state index < -0.39 is 5.60 Å². The molecular formula is C9H15N3O2S. The van der Waals surface area contributed by atoms with Crippen molar-refractivity contribution >= 4 is 17.4 Å². The fraction of sp³-hybridized carbons (Fsp3) is 0.667. The topological polar surface area (TPSA) is 75.1 Å². The molecule has 1 heterocycles. The molecule has 0 aliphatic carbocycles. The van der Waals surface area contributed by atoms with Crippen LogP contribution in [0.3, 0.4) is 0 Å². The Bertz CT molecular complexity index is 322. The molecule has 15 heavy (non-hydrogen) atoms. The highest BCUT2D eigenvalue weighted by Crippen LogP contribution is 2.14. The quantitative estimate of drug-likeness (QED) is 0.796. The lowest BCUT2D eigenvalue weighted by molar-refractivity contribution is 0.0143. The molecule has 2 N–H and O–H groups in total. The molecule has 0 aromatic carbocycles. The first kappa shape index (κ1) is 12.1. The van der Waals surface area contributed by atoms with Gasteiger partial charge in [-0.05, 0) is 24.4 Å². The van der Waals surface area contributed by atoms with Gasteiger partial charge in [-0.3, -0.25) is 4.79 Å². The Hall–Kier alpha value is -1.01. The van der Waals surface area contributed by atoms with Crippen molar-refractivity contribution in [2.45, 2.75) is 26.4 Å². The van der Waals surface area contributed by atoms with Crippen LogP contribution in [0, 0.1) is 5.92 Å². The fourth-order valence-corrected chi connectivity index (χ4v) is 1.25. The Morgan fingerprint density at radius 1 is 1.73 bits per heavy atom. The van der Waals surface area contributed by atoms with E-state index in [-0.39, 0.29) is 18.4 Å². The van der Waals surface area contributed by atoms with Crippen LogP contribution in [0.4, 0.5) is 0 Å². The van der Waals surface area contributed by atoms with Gasteiger partial charge < -0.3 is 10.4 Å². The summed E-state index contributed by atoms with van der Waals surface area (Å²) in [7, 11) is 0. The first-order valence-electron chi connectivity index (χ1n) is 4.71. The zero-order chi connectivity index (χ0) is 11.5. The number of amides is 1. The van der Waals surface area contributed by atoms with Gasteiger partial charge in [0.2, 0.25) is 0 Å². The van der Waals surface area contributed by atoms with Crippen LogP contribution in [0.1, 0.15) is 30.4 Å². The second-order valence-corrected chi connectivity index (χ2v) is 4.76. The van der Waals surface area contributed by atoms with Crippen LogP contribution in [0.2, 0.25) is 0 Å². The van der Waals surface area contributed by atoms with Crippen LogP contribution < -0.4 is 5.32 Å². The van der Waals surface area contributed by atoms with Gasteiger partial charge in [-0.1, -0.05) is 18.3 Å². The molecule has 0 fully saturated rings. The van der Waals surface area contributed by atoms with Gasteiger partial charge in [0.1, 0.15) is 4.88 Å². The van der Waals surface area contributed by atoms with Gasteiger partial charge >= 0.3 is 0 Å². The molecule has 1 rings (SSSR count). The number of nitrogens with one attached hydrogen (secondary N) is 1. The molecule has 6 heteroatoms. The smallest absolute Gasteiger partial charge is 0.264 e. The number of rotatable bonds is 4. The number of aromatic nitrogens is 2. The summed E-state index contributed by atoms with van der Waals surface area (Å²) in [5, 5.41) is 16.1. The van der Waals surface area contributed by atoms with Crippen molar-refractivity contribution in [3.8, 4) is 0 Å². The monoisotopic (exact) mass is 229 g/mol. The highest BCUT2D eigenvalue weighted by atomic mass is 32.1. The lowest BCUT2D eigenvalue weighted by Crippen LogP contribution is -2.44. The van der Waals surface area contributed by atoms with Gasteiger partial charge in [-0.25, -0.2) is 0 Å². The second-order valence-electron chi connectivity index (χ2n) is 3.98. The standard InChI is InChI=1S/C9H15N3O2S/c1-6(2)9(3,14)5-10-8(13)7-4-11-12-15-7/h4,6,14H,5H2,1-3H3,(H,10,13). The Balaban J connectivity index is 2.48. The average molecular weight is 229 g/mol. The number of aliphatic hydroxyl groups is 1. The summed E-state index contributed by atoms with van der Waals surface area (Å²) in [4.78, 5) is 11.9. The summed E-state index contributed by atoms with van der Waals surface area (Å²) in [6, 6.07) is 0. The summed E-state index contributed by atoms with van der Waals surface area (Å²) in [6.45, 7) is 5.73. The van der Waals surface area contributed by atoms with Crippen LogP contribution in [0.5, 0.6) is 0 Å². The van der Waals surface area contributed by atoms with E-state index in [0.717, 1.165) is 11.5 Å². The molecular weight excluding hydrogens is 214 g/mol.